The SMILES string of the molecule is CN1C(=O)/C(=C/c2cn(CC(=O)N3CCCCCC3)c3ccc(Br)cc23)N(C)C1=S. The summed E-state index contributed by atoms with van der Waals surface area (Å²) in [5.41, 5.74) is 2.39. The van der Waals surface area contributed by atoms with Crippen molar-refractivity contribution in [3.63, 3.8) is 0 Å². The average molecular weight is 489 g/mol. The van der Waals surface area contributed by atoms with Crippen LogP contribution in [0.25, 0.3) is 17.0 Å². The molecule has 2 fully saturated rings. The Balaban J connectivity index is 1.71. The molecular formula is C22H25BrN4O2S. The third kappa shape index (κ3) is 3.90. The first kappa shape index (κ1) is 21.1. The number of hydrogen-bond donors (Lipinski definition) is 0. The lowest BCUT2D eigenvalue weighted by Crippen LogP contribution is -2.34. The van der Waals surface area contributed by atoms with Crippen LogP contribution in [0.2, 0.25) is 0 Å². The smallest absolute Gasteiger partial charge is 0.276 e. The average Bonchev–Trinajstić information content (AvgIpc) is 3.00. The Hall–Kier alpha value is -2.19. The van der Waals surface area contributed by atoms with Crippen molar-refractivity contribution < 1.29 is 9.59 Å². The van der Waals surface area contributed by atoms with Crippen molar-refractivity contribution in [3.8, 4) is 0 Å². The fourth-order valence-corrected chi connectivity index (χ4v) is 4.69. The molecule has 0 unspecified atom stereocenters. The molecule has 3 heterocycles. The highest BCUT2D eigenvalue weighted by atomic mass is 79.9. The number of likely N-dealkylation sites (tertiary alicyclic amines) is 1. The monoisotopic (exact) mass is 488 g/mol. The number of nitrogens with zero attached hydrogens (tertiary/aromatic N) is 4. The van der Waals surface area contributed by atoms with E-state index in [1.54, 1.807) is 19.0 Å². The van der Waals surface area contributed by atoms with E-state index in [4.69, 9.17) is 12.2 Å². The van der Waals surface area contributed by atoms with E-state index in [9.17, 15) is 9.59 Å². The van der Waals surface area contributed by atoms with Crippen molar-refractivity contribution in [1.29, 1.82) is 0 Å². The van der Waals surface area contributed by atoms with Gasteiger partial charge < -0.3 is 14.4 Å². The van der Waals surface area contributed by atoms with Gasteiger partial charge in [-0.2, -0.15) is 0 Å². The lowest BCUT2D eigenvalue weighted by atomic mass is 10.1. The van der Waals surface area contributed by atoms with Gasteiger partial charge in [0.2, 0.25) is 5.91 Å². The molecule has 1 aromatic carbocycles. The Labute approximate surface area is 190 Å². The standard InChI is InChI=1S/C22H25BrN4O2S/c1-24-19(21(29)25(2)22(24)30)11-15-13-27(18-8-7-16(23)12-17(15)18)14-20(28)26-9-5-3-4-6-10-26/h7-8,11-13H,3-6,9-10,14H2,1-2H3/b19-11-. The summed E-state index contributed by atoms with van der Waals surface area (Å²) < 4.78 is 2.94. The molecule has 0 radical (unpaired) electrons. The van der Waals surface area contributed by atoms with E-state index in [1.165, 1.54) is 17.7 Å². The lowest BCUT2D eigenvalue weighted by Gasteiger charge is -2.20. The highest BCUT2D eigenvalue weighted by Gasteiger charge is 2.33. The second-order valence-electron chi connectivity index (χ2n) is 7.90. The van der Waals surface area contributed by atoms with Crippen molar-refractivity contribution in [2.24, 2.45) is 0 Å². The Bertz CT molecular complexity index is 1050. The normalized spacial score (nSPS) is 19.3. The molecule has 0 N–H and O–H groups in total. The summed E-state index contributed by atoms with van der Waals surface area (Å²) in [6.07, 6.45) is 8.36. The van der Waals surface area contributed by atoms with Gasteiger partial charge in [0, 0.05) is 54.3 Å². The molecule has 0 aliphatic carbocycles. The molecule has 0 saturated carbocycles. The Morgan fingerprint density at radius 2 is 1.83 bits per heavy atom. The molecule has 158 valence electrons. The summed E-state index contributed by atoms with van der Waals surface area (Å²) in [7, 11) is 3.48. The van der Waals surface area contributed by atoms with Crippen molar-refractivity contribution >= 4 is 62.1 Å². The minimum Gasteiger partial charge on any atom is -0.341 e. The Kier molecular flexibility index (Phi) is 5.97. The molecule has 0 bridgehead atoms. The maximum Gasteiger partial charge on any atom is 0.276 e. The molecule has 6 nitrogen and oxygen atoms in total. The zero-order valence-corrected chi connectivity index (χ0v) is 19.6. The molecule has 2 amide bonds. The first-order valence-corrected chi connectivity index (χ1v) is 11.4. The van der Waals surface area contributed by atoms with Crippen molar-refractivity contribution in [2.75, 3.05) is 27.2 Å². The van der Waals surface area contributed by atoms with Crippen LogP contribution >= 0.6 is 28.1 Å². The number of carbonyl (C=O) groups excluding carboxylic acids is 2. The lowest BCUT2D eigenvalue weighted by molar-refractivity contribution is -0.131. The summed E-state index contributed by atoms with van der Waals surface area (Å²) in [4.78, 5) is 30.8. The molecule has 0 spiro atoms. The number of amides is 2. The quantitative estimate of drug-likeness (QED) is 0.486. The Morgan fingerprint density at radius 1 is 1.13 bits per heavy atom. The minimum absolute atomic E-state index is 0.126. The number of rotatable bonds is 3. The number of thiocarbonyl (C=S) groups is 1. The van der Waals surface area contributed by atoms with Gasteiger partial charge in [-0.05, 0) is 49.3 Å². The van der Waals surface area contributed by atoms with E-state index < -0.39 is 0 Å². The van der Waals surface area contributed by atoms with Crippen LogP contribution in [-0.2, 0) is 16.1 Å². The molecule has 4 rings (SSSR count). The van der Waals surface area contributed by atoms with Crippen molar-refractivity contribution in [1.82, 2.24) is 19.3 Å². The van der Waals surface area contributed by atoms with Crippen LogP contribution < -0.4 is 0 Å². The van der Waals surface area contributed by atoms with Gasteiger partial charge in [-0.3, -0.25) is 14.5 Å². The summed E-state index contributed by atoms with van der Waals surface area (Å²) in [6.45, 7) is 1.97. The molecule has 2 aliphatic heterocycles. The van der Waals surface area contributed by atoms with Gasteiger partial charge in [0.15, 0.2) is 5.11 Å². The molecular weight excluding hydrogens is 464 g/mol. The predicted octanol–water partition coefficient (Wildman–Crippen LogP) is 3.84. The van der Waals surface area contributed by atoms with Gasteiger partial charge in [0.1, 0.15) is 12.2 Å². The Morgan fingerprint density at radius 3 is 2.47 bits per heavy atom. The number of benzene rings is 1. The number of hydrogen-bond acceptors (Lipinski definition) is 3. The summed E-state index contributed by atoms with van der Waals surface area (Å²) in [6, 6.07) is 6.01. The van der Waals surface area contributed by atoms with Crippen LogP contribution in [0.5, 0.6) is 0 Å². The third-order valence-electron chi connectivity index (χ3n) is 5.89. The second kappa shape index (κ2) is 8.51. The van der Waals surface area contributed by atoms with Crippen LogP contribution in [0.3, 0.4) is 0 Å². The van der Waals surface area contributed by atoms with Crippen molar-refractivity contribution in [3.05, 3.63) is 40.1 Å². The van der Waals surface area contributed by atoms with E-state index in [0.29, 0.717) is 17.4 Å². The van der Waals surface area contributed by atoms with Crippen LogP contribution in [0.15, 0.2) is 34.6 Å². The fraction of sp³-hybridized carbons (Fsp3) is 0.409. The van der Waals surface area contributed by atoms with E-state index in [-0.39, 0.29) is 11.8 Å². The number of fused-ring (bicyclic) bond motifs is 1. The van der Waals surface area contributed by atoms with E-state index in [1.807, 2.05) is 39.9 Å². The van der Waals surface area contributed by atoms with E-state index >= 15 is 0 Å². The maximum atomic E-state index is 13.0. The fourth-order valence-electron chi connectivity index (χ4n) is 4.14. The van der Waals surface area contributed by atoms with E-state index in [0.717, 1.165) is 46.9 Å². The molecule has 2 aliphatic rings. The molecule has 8 heteroatoms. The van der Waals surface area contributed by atoms with Crippen LogP contribution in [-0.4, -0.2) is 63.4 Å². The largest absolute Gasteiger partial charge is 0.341 e. The topological polar surface area (TPSA) is 48.8 Å². The van der Waals surface area contributed by atoms with Crippen molar-refractivity contribution in [2.45, 2.75) is 32.2 Å². The molecule has 0 atom stereocenters. The predicted molar refractivity (Wildman–Crippen MR) is 126 cm³/mol. The molecule has 1 aromatic heterocycles. The van der Waals surface area contributed by atoms with E-state index in [2.05, 4.69) is 15.9 Å². The van der Waals surface area contributed by atoms with Gasteiger partial charge >= 0.3 is 0 Å². The molecule has 2 aromatic rings. The van der Waals surface area contributed by atoms with Crippen LogP contribution in [0.4, 0.5) is 0 Å². The summed E-state index contributed by atoms with van der Waals surface area (Å²) >= 11 is 8.87. The zero-order chi connectivity index (χ0) is 21.4. The zero-order valence-electron chi connectivity index (χ0n) is 17.2. The van der Waals surface area contributed by atoms with Crippen LogP contribution in [0.1, 0.15) is 31.2 Å². The summed E-state index contributed by atoms with van der Waals surface area (Å²) in [5, 5.41) is 1.47. The first-order chi connectivity index (χ1) is 14.4. The number of likely N-dealkylation sites (N-methyl/N-ethyl adjacent to an activating group) is 2. The first-order valence-electron chi connectivity index (χ1n) is 10.2. The number of halogens is 1. The number of carbonyl (C=O) groups is 2. The number of aromatic nitrogens is 1. The highest BCUT2D eigenvalue weighted by molar-refractivity contribution is 9.10. The van der Waals surface area contributed by atoms with Gasteiger partial charge in [-0.15, -0.1) is 0 Å². The van der Waals surface area contributed by atoms with Gasteiger partial charge in [0.25, 0.3) is 5.91 Å². The van der Waals surface area contributed by atoms with Gasteiger partial charge in [-0.25, -0.2) is 0 Å². The third-order valence-corrected chi connectivity index (χ3v) is 6.93. The van der Waals surface area contributed by atoms with Gasteiger partial charge in [0.05, 0.1) is 0 Å². The highest BCUT2D eigenvalue weighted by Crippen LogP contribution is 2.29. The minimum atomic E-state index is -0.126. The second-order valence-corrected chi connectivity index (χ2v) is 9.18. The van der Waals surface area contributed by atoms with Gasteiger partial charge in [-0.1, -0.05) is 28.8 Å². The molecule has 2 saturated heterocycles. The molecule has 30 heavy (non-hydrogen) atoms. The van der Waals surface area contributed by atoms with Crippen LogP contribution in [0, 0.1) is 0 Å². The maximum absolute atomic E-state index is 13.0. The summed E-state index contributed by atoms with van der Waals surface area (Å²) in [5.74, 6) is 0.0185.